The Kier molecular flexibility index (Phi) is 5.59. The van der Waals surface area contributed by atoms with Crippen molar-refractivity contribution in [3.05, 3.63) is 68.0 Å². The molecule has 0 N–H and O–H groups in total. The van der Waals surface area contributed by atoms with Crippen molar-refractivity contribution in [3.8, 4) is 0 Å². The van der Waals surface area contributed by atoms with Gasteiger partial charge in [0.1, 0.15) is 0 Å². The van der Waals surface area contributed by atoms with Crippen LogP contribution < -0.4 is 0 Å². The molecule has 106 valence electrons. The zero-order chi connectivity index (χ0) is 14.7. The van der Waals surface area contributed by atoms with Crippen LogP contribution in [0, 0.1) is 0 Å². The van der Waals surface area contributed by atoms with E-state index in [1.807, 2.05) is 17.8 Å². The molecule has 1 aromatic carbocycles. The molecule has 0 amide bonds. The van der Waals surface area contributed by atoms with Crippen LogP contribution in [0.3, 0.4) is 0 Å². The zero-order valence-electron chi connectivity index (χ0n) is 11.7. The first-order valence-corrected chi connectivity index (χ1v) is 8.80. The first-order valence-electron chi connectivity index (χ1n) is 6.64. The summed E-state index contributed by atoms with van der Waals surface area (Å²) >= 11 is 11.5. The van der Waals surface area contributed by atoms with E-state index >= 15 is 0 Å². The molecule has 1 aliphatic rings. The Labute approximate surface area is 139 Å². The van der Waals surface area contributed by atoms with Gasteiger partial charge in [-0.2, -0.15) is 0 Å². The molecule has 3 heteroatoms. The van der Waals surface area contributed by atoms with E-state index in [2.05, 4.69) is 60.6 Å². The summed E-state index contributed by atoms with van der Waals surface area (Å²) in [5, 5.41) is 0.814. The van der Waals surface area contributed by atoms with E-state index in [1.165, 1.54) is 21.6 Å². The maximum atomic E-state index is 6.14. The van der Waals surface area contributed by atoms with E-state index in [0.717, 1.165) is 21.7 Å². The van der Waals surface area contributed by atoms with Crippen LogP contribution in [0.5, 0.6) is 0 Å². The Morgan fingerprint density at radius 3 is 2.90 bits per heavy atom. The summed E-state index contributed by atoms with van der Waals surface area (Å²) in [6.45, 7) is 8.40. The highest BCUT2D eigenvalue weighted by atomic mass is 79.9. The number of thioether (sulfide) groups is 1. The van der Waals surface area contributed by atoms with Crippen LogP contribution in [0.4, 0.5) is 0 Å². The number of benzene rings is 1. The van der Waals surface area contributed by atoms with Gasteiger partial charge in [-0.3, -0.25) is 0 Å². The topological polar surface area (TPSA) is 0 Å². The van der Waals surface area contributed by atoms with Gasteiger partial charge in [-0.1, -0.05) is 59.3 Å². The van der Waals surface area contributed by atoms with Gasteiger partial charge in [-0.05, 0) is 48.1 Å². The summed E-state index contributed by atoms with van der Waals surface area (Å²) < 4.78 is 0.966. The maximum absolute atomic E-state index is 6.14. The molecular weight excluding hydrogens is 352 g/mol. The van der Waals surface area contributed by atoms with E-state index < -0.39 is 0 Å². The molecule has 1 unspecified atom stereocenters. The number of allylic oxidation sites excluding steroid dienone is 4. The van der Waals surface area contributed by atoms with Crippen LogP contribution in [0.15, 0.2) is 51.9 Å². The van der Waals surface area contributed by atoms with Gasteiger partial charge in [0.2, 0.25) is 0 Å². The Balaban J connectivity index is 2.46. The van der Waals surface area contributed by atoms with E-state index in [4.69, 9.17) is 11.6 Å². The molecule has 1 aliphatic heterocycles. The Morgan fingerprint density at radius 1 is 1.50 bits per heavy atom. The Morgan fingerprint density at radius 2 is 2.25 bits per heavy atom. The molecule has 0 nitrogen and oxygen atoms in total. The van der Waals surface area contributed by atoms with Crippen molar-refractivity contribution in [1.29, 1.82) is 0 Å². The molecule has 1 aromatic rings. The van der Waals surface area contributed by atoms with Crippen LogP contribution in [0.25, 0.3) is 0 Å². The third kappa shape index (κ3) is 3.60. The molecule has 20 heavy (non-hydrogen) atoms. The predicted molar refractivity (Wildman–Crippen MR) is 95.7 cm³/mol. The van der Waals surface area contributed by atoms with Gasteiger partial charge < -0.3 is 0 Å². The summed E-state index contributed by atoms with van der Waals surface area (Å²) in [5.41, 5.74) is 4.09. The summed E-state index contributed by atoms with van der Waals surface area (Å²) in [5.74, 6) is 1.41. The van der Waals surface area contributed by atoms with Crippen molar-refractivity contribution in [2.24, 2.45) is 0 Å². The van der Waals surface area contributed by atoms with Gasteiger partial charge in [0, 0.05) is 20.2 Å². The molecule has 0 aliphatic carbocycles. The first kappa shape index (κ1) is 15.9. The molecule has 0 bridgehead atoms. The lowest BCUT2D eigenvalue weighted by molar-refractivity contribution is 0.752. The second-order valence-electron chi connectivity index (χ2n) is 5.00. The van der Waals surface area contributed by atoms with Crippen LogP contribution in [0.1, 0.15) is 37.3 Å². The van der Waals surface area contributed by atoms with Crippen molar-refractivity contribution < 1.29 is 0 Å². The second-order valence-corrected chi connectivity index (χ2v) is 7.38. The normalized spacial score (nSPS) is 23.3. The third-order valence-corrected chi connectivity index (χ3v) is 5.59. The van der Waals surface area contributed by atoms with E-state index in [0.29, 0.717) is 5.92 Å². The summed E-state index contributed by atoms with van der Waals surface area (Å²) in [6, 6.07) is 6.26. The van der Waals surface area contributed by atoms with Gasteiger partial charge in [0.05, 0.1) is 0 Å². The third-order valence-electron chi connectivity index (χ3n) is 3.44. The number of rotatable bonds is 2. The lowest BCUT2D eigenvalue weighted by atomic mass is 9.90. The molecule has 0 saturated carbocycles. The quantitative estimate of drug-likeness (QED) is 0.551. The fourth-order valence-corrected chi connectivity index (χ4v) is 4.39. The van der Waals surface area contributed by atoms with Gasteiger partial charge in [0.25, 0.3) is 0 Å². The molecule has 0 aromatic heterocycles. The highest BCUT2D eigenvalue weighted by Gasteiger charge is 2.19. The minimum atomic E-state index is 0.483. The fourth-order valence-electron chi connectivity index (χ4n) is 2.55. The highest BCUT2D eigenvalue weighted by molar-refractivity contribution is 9.12. The van der Waals surface area contributed by atoms with Gasteiger partial charge in [-0.15, -0.1) is 11.8 Å². The average Bonchev–Trinajstić information content (AvgIpc) is 2.37. The summed E-state index contributed by atoms with van der Waals surface area (Å²) in [7, 11) is 0. The van der Waals surface area contributed by atoms with Crippen LogP contribution in [-0.4, -0.2) is 0 Å². The predicted octanol–water partition coefficient (Wildman–Crippen LogP) is 6.82. The molecule has 0 spiro atoms. The Bertz CT molecular complexity index is 587. The summed E-state index contributed by atoms with van der Waals surface area (Å²) in [6.07, 6.45) is 5.32. The first-order chi connectivity index (χ1) is 9.52. The lowest BCUT2D eigenvalue weighted by Gasteiger charge is -2.23. The number of hydrogen-bond donors (Lipinski definition) is 0. The fraction of sp³-hybridized carbons (Fsp3) is 0.294. The van der Waals surface area contributed by atoms with E-state index in [1.54, 1.807) is 0 Å². The molecule has 2 rings (SSSR count). The molecular formula is C17H18BrClS. The maximum Gasteiger partial charge on any atom is 0.0409 e. The van der Waals surface area contributed by atoms with Crippen LogP contribution >= 0.6 is 39.3 Å². The van der Waals surface area contributed by atoms with Gasteiger partial charge >= 0.3 is 0 Å². The largest absolute Gasteiger partial charge is 0.120 e. The van der Waals surface area contributed by atoms with Gasteiger partial charge in [-0.25, -0.2) is 0 Å². The molecule has 1 atom stereocenters. The number of hydrogen-bond acceptors (Lipinski definition) is 1. The summed E-state index contributed by atoms with van der Waals surface area (Å²) in [4.78, 5) is 1.25. The highest BCUT2D eigenvalue weighted by Crippen LogP contribution is 2.41. The number of halogens is 2. The van der Waals surface area contributed by atoms with Crippen molar-refractivity contribution in [1.82, 2.24) is 0 Å². The average molecular weight is 370 g/mol. The SMILES string of the molecule is C=C(Br)/C1=C(\C=C/C)CC(C)c2ccc(Cl)cc2CS1. The number of fused-ring (bicyclic) bond motifs is 1. The smallest absolute Gasteiger partial charge is 0.0409 e. The van der Waals surface area contributed by atoms with Gasteiger partial charge in [0.15, 0.2) is 0 Å². The van der Waals surface area contributed by atoms with Crippen molar-refractivity contribution in [3.63, 3.8) is 0 Å². The van der Waals surface area contributed by atoms with Crippen molar-refractivity contribution in [2.75, 3.05) is 0 Å². The standard InChI is InChI=1S/C17H18BrClS/c1-4-5-13-8-11(2)16-7-6-15(19)9-14(16)10-20-17(13)12(3)18/h4-7,9,11H,3,8,10H2,1-2H3/b5-4-,17-13-. The lowest BCUT2D eigenvalue weighted by Crippen LogP contribution is -2.04. The molecule has 0 saturated heterocycles. The second kappa shape index (κ2) is 7.02. The van der Waals surface area contributed by atoms with Crippen molar-refractivity contribution in [2.45, 2.75) is 31.9 Å². The molecule has 0 fully saturated rings. The van der Waals surface area contributed by atoms with E-state index in [9.17, 15) is 0 Å². The minimum Gasteiger partial charge on any atom is -0.120 e. The minimum absolute atomic E-state index is 0.483. The molecule has 1 heterocycles. The van der Waals surface area contributed by atoms with E-state index in [-0.39, 0.29) is 0 Å². The Hall–Kier alpha value is -0.440. The van der Waals surface area contributed by atoms with Crippen molar-refractivity contribution >= 4 is 39.3 Å². The van der Waals surface area contributed by atoms with Crippen LogP contribution in [-0.2, 0) is 5.75 Å². The van der Waals surface area contributed by atoms with Crippen LogP contribution in [0.2, 0.25) is 5.02 Å². The molecule has 0 radical (unpaired) electrons. The monoisotopic (exact) mass is 368 g/mol. The zero-order valence-corrected chi connectivity index (χ0v) is 14.9.